The second-order valence-corrected chi connectivity index (χ2v) is 11.3. The predicted molar refractivity (Wildman–Crippen MR) is 130 cm³/mol. The van der Waals surface area contributed by atoms with Crippen LogP contribution in [0.1, 0.15) is 40.0 Å². The molecular formula is C25H34N2O6S. The molecule has 2 bridgehead atoms. The molecule has 2 N–H and O–H groups in total. The molecule has 34 heavy (non-hydrogen) atoms. The number of carbonyl (C=O) groups excluding carboxylic acids is 3. The lowest BCUT2D eigenvalue weighted by Gasteiger charge is -2.37. The fourth-order valence-electron chi connectivity index (χ4n) is 6.00. The molecule has 3 fully saturated rings. The summed E-state index contributed by atoms with van der Waals surface area (Å²) in [6, 6.07) is 5.75. The number of aliphatic hydroxyl groups is 1. The summed E-state index contributed by atoms with van der Waals surface area (Å²) in [6.07, 6.45) is 1.99. The van der Waals surface area contributed by atoms with Crippen LogP contribution in [0.25, 0.3) is 0 Å². The predicted octanol–water partition coefficient (Wildman–Crippen LogP) is 2.70. The molecule has 2 unspecified atom stereocenters. The smallest absolute Gasteiger partial charge is 0.310 e. The van der Waals surface area contributed by atoms with E-state index in [1.165, 1.54) is 0 Å². The van der Waals surface area contributed by atoms with Gasteiger partial charge in [-0.15, -0.1) is 11.8 Å². The molecule has 0 aromatic heterocycles. The minimum atomic E-state index is -0.780. The number of carbonyl (C=O) groups is 3. The van der Waals surface area contributed by atoms with Gasteiger partial charge in [-0.05, 0) is 56.4 Å². The molecule has 0 saturated carbocycles. The van der Waals surface area contributed by atoms with Crippen LogP contribution in [-0.2, 0) is 19.1 Å². The van der Waals surface area contributed by atoms with Gasteiger partial charge in [0.25, 0.3) is 0 Å². The van der Waals surface area contributed by atoms with Crippen molar-refractivity contribution in [3.8, 4) is 5.75 Å². The summed E-state index contributed by atoms with van der Waals surface area (Å²) in [5.41, 5.74) is 0.599. The second kappa shape index (κ2) is 9.77. The van der Waals surface area contributed by atoms with E-state index in [0.29, 0.717) is 24.3 Å². The lowest BCUT2D eigenvalue weighted by molar-refractivity contribution is -0.154. The van der Waals surface area contributed by atoms with Crippen molar-refractivity contribution >= 4 is 35.2 Å². The standard InChI is InChI=1S/C25H34N2O6S/c1-5-33-24(31)19-18-10-11-25(34-18)20(19)23(30)27(16(13-28)12-14(2)3)21(25)22(29)26-15-6-8-17(32-4)9-7-15/h6-9,14,16,18-21,28H,5,10-13H2,1-4H3,(H,26,29)/t16-,18+,19-,20+,21?,25?/m1/s1. The molecule has 3 aliphatic heterocycles. The fraction of sp³-hybridized carbons (Fsp3) is 0.640. The lowest BCUT2D eigenvalue weighted by Crippen LogP contribution is -2.55. The molecule has 3 saturated heterocycles. The Labute approximate surface area is 204 Å². The van der Waals surface area contributed by atoms with Crippen LogP contribution in [0.4, 0.5) is 5.69 Å². The maximum atomic E-state index is 13.9. The Morgan fingerprint density at radius 3 is 2.59 bits per heavy atom. The average molecular weight is 491 g/mol. The minimum Gasteiger partial charge on any atom is -0.497 e. The first-order chi connectivity index (χ1) is 16.3. The summed E-state index contributed by atoms with van der Waals surface area (Å²) < 4.78 is 9.84. The van der Waals surface area contributed by atoms with E-state index in [2.05, 4.69) is 5.32 Å². The van der Waals surface area contributed by atoms with E-state index in [1.807, 2.05) is 13.8 Å². The number of amides is 2. The number of rotatable bonds is 9. The van der Waals surface area contributed by atoms with Crippen LogP contribution in [0.5, 0.6) is 5.75 Å². The van der Waals surface area contributed by atoms with E-state index in [9.17, 15) is 19.5 Å². The number of hydrogen-bond donors (Lipinski definition) is 2. The molecule has 2 amide bonds. The van der Waals surface area contributed by atoms with Crippen LogP contribution < -0.4 is 10.1 Å². The number of esters is 1. The number of hydrogen-bond acceptors (Lipinski definition) is 7. The van der Waals surface area contributed by atoms with Crippen molar-refractivity contribution in [1.82, 2.24) is 4.90 Å². The Kier molecular flexibility index (Phi) is 7.14. The van der Waals surface area contributed by atoms with E-state index in [0.717, 1.165) is 6.42 Å². The summed E-state index contributed by atoms with van der Waals surface area (Å²) in [4.78, 5) is 42.2. The monoisotopic (exact) mass is 490 g/mol. The number of nitrogens with one attached hydrogen (secondary N) is 1. The van der Waals surface area contributed by atoms with Crippen LogP contribution in [0.2, 0.25) is 0 Å². The molecule has 1 aromatic carbocycles. The van der Waals surface area contributed by atoms with Crippen molar-refractivity contribution in [3.63, 3.8) is 0 Å². The SMILES string of the molecule is CCOC(=O)[C@@H]1[C@@H]2CCC3(S2)C(C(=O)Nc2ccc(OC)cc2)N([C@@H](CO)CC(C)C)C(=O)[C@H]13. The molecule has 0 aliphatic carbocycles. The third kappa shape index (κ3) is 4.06. The third-order valence-electron chi connectivity index (χ3n) is 7.25. The highest BCUT2D eigenvalue weighted by molar-refractivity contribution is 8.02. The first kappa shape index (κ1) is 24.9. The Hall–Kier alpha value is -2.26. The van der Waals surface area contributed by atoms with Gasteiger partial charge in [-0.3, -0.25) is 14.4 Å². The number of methoxy groups -OCH3 is 1. The quantitative estimate of drug-likeness (QED) is 0.513. The van der Waals surface area contributed by atoms with Gasteiger partial charge in [0.15, 0.2) is 0 Å². The number of thioether (sulfide) groups is 1. The Balaban J connectivity index is 1.71. The zero-order valence-electron chi connectivity index (χ0n) is 20.2. The number of likely N-dealkylation sites (tertiary alicyclic amines) is 1. The van der Waals surface area contributed by atoms with Crippen LogP contribution >= 0.6 is 11.8 Å². The topological polar surface area (TPSA) is 105 Å². The van der Waals surface area contributed by atoms with E-state index >= 15 is 0 Å². The Bertz CT molecular complexity index is 938. The van der Waals surface area contributed by atoms with Gasteiger partial charge >= 0.3 is 5.97 Å². The van der Waals surface area contributed by atoms with Crippen molar-refractivity contribution in [3.05, 3.63) is 24.3 Å². The van der Waals surface area contributed by atoms with Gasteiger partial charge in [0, 0.05) is 10.9 Å². The second-order valence-electron chi connectivity index (χ2n) is 9.74. The van der Waals surface area contributed by atoms with E-state index in [-0.39, 0.29) is 42.2 Å². The lowest BCUT2D eigenvalue weighted by atomic mass is 9.71. The molecule has 6 atom stereocenters. The first-order valence-corrected chi connectivity index (χ1v) is 12.9. The molecule has 0 radical (unpaired) electrons. The highest BCUT2D eigenvalue weighted by Gasteiger charge is 2.74. The van der Waals surface area contributed by atoms with Crippen LogP contribution in [0, 0.1) is 17.8 Å². The number of fused-ring (bicyclic) bond motifs is 1. The zero-order chi connectivity index (χ0) is 24.6. The summed E-state index contributed by atoms with van der Waals surface area (Å²) in [5.74, 6) is -1.16. The largest absolute Gasteiger partial charge is 0.497 e. The maximum absolute atomic E-state index is 13.9. The molecule has 4 rings (SSSR count). The minimum absolute atomic E-state index is 0.0379. The first-order valence-electron chi connectivity index (χ1n) is 12.0. The van der Waals surface area contributed by atoms with Gasteiger partial charge in [0.05, 0.1) is 42.9 Å². The number of nitrogens with zero attached hydrogens (tertiary/aromatic N) is 1. The molecule has 1 aromatic rings. The molecule has 9 heteroatoms. The maximum Gasteiger partial charge on any atom is 0.310 e. The summed E-state index contributed by atoms with van der Waals surface area (Å²) in [5, 5.41) is 13.2. The summed E-state index contributed by atoms with van der Waals surface area (Å²) >= 11 is 1.59. The average Bonchev–Trinajstić information content (AvgIpc) is 3.45. The van der Waals surface area contributed by atoms with Crippen molar-refractivity contribution in [2.75, 3.05) is 25.6 Å². The highest BCUT2D eigenvalue weighted by Crippen LogP contribution is 2.66. The number of anilines is 1. The van der Waals surface area contributed by atoms with Crippen molar-refractivity contribution in [2.45, 2.75) is 62.1 Å². The number of ether oxygens (including phenoxy) is 2. The van der Waals surface area contributed by atoms with E-state index in [4.69, 9.17) is 9.47 Å². The number of aliphatic hydroxyl groups excluding tert-OH is 1. The highest BCUT2D eigenvalue weighted by atomic mass is 32.2. The van der Waals surface area contributed by atoms with Gasteiger partial charge < -0.3 is 24.8 Å². The zero-order valence-corrected chi connectivity index (χ0v) is 21.0. The van der Waals surface area contributed by atoms with Crippen LogP contribution in [-0.4, -0.2) is 70.2 Å². The van der Waals surface area contributed by atoms with Gasteiger partial charge in [-0.2, -0.15) is 0 Å². The van der Waals surface area contributed by atoms with Gasteiger partial charge in [-0.1, -0.05) is 13.8 Å². The molecule has 186 valence electrons. The normalized spacial score (nSPS) is 30.4. The Morgan fingerprint density at radius 2 is 2.00 bits per heavy atom. The molecule has 3 aliphatic rings. The number of benzene rings is 1. The van der Waals surface area contributed by atoms with E-state index in [1.54, 1.807) is 55.0 Å². The molecular weight excluding hydrogens is 456 g/mol. The fourth-order valence-corrected chi connectivity index (χ4v) is 8.19. The van der Waals surface area contributed by atoms with Crippen LogP contribution in [0.15, 0.2) is 24.3 Å². The van der Waals surface area contributed by atoms with E-state index < -0.39 is 28.7 Å². The van der Waals surface area contributed by atoms with Gasteiger partial charge in [0.1, 0.15) is 11.8 Å². The molecule has 3 heterocycles. The van der Waals surface area contributed by atoms with Gasteiger partial charge in [-0.25, -0.2) is 0 Å². The molecule has 8 nitrogen and oxygen atoms in total. The van der Waals surface area contributed by atoms with Gasteiger partial charge in [0.2, 0.25) is 11.8 Å². The van der Waals surface area contributed by atoms with Crippen LogP contribution in [0.3, 0.4) is 0 Å². The summed E-state index contributed by atoms with van der Waals surface area (Å²) in [7, 11) is 1.58. The van der Waals surface area contributed by atoms with Crippen molar-refractivity contribution < 1.29 is 29.0 Å². The van der Waals surface area contributed by atoms with Crippen molar-refractivity contribution in [1.29, 1.82) is 0 Å². The van der Waals surface area contributed by atoms with Crippen molar-refractivity contribution in [2.24, 2.45) is 17.8 Å². The Morgan fingerprint density at radius 1 is 1.29 bits per heavy atom. The third-order valence-corrected chi connectivity index (χ3v) is 9.20. The summed E-state index contributed by atoms with van der Waals surface area (Å²) in [6.45, 7) is 5.81. The molecule has 1 spiro atoms.